The van der Waals surface area contributed by atoms with Crippen molar-refractivity contribution < 1.29 is 4.74 Å². The van der Waals surface area contributed by atoms with E-state index in [0.29, 0.717) is 6.04 Å². The highest BCUT2D eigenvalue weighted by molar-refractivity contribution is 5.81. The molecular weight excluding hydrogens is 202 g/mol. The van der Waals surface area contributed by atoms with E-state index in [1.165, 1.54) is 32.1 Å². The van der Waals surface area contributed by atoms with Crippen molar-refractivity contribution in [2.24, 2.45) is 4.99 Å². The van der Waals surface area contributed by atoms with Crippen LogP contribution in [0.1, 0.15) is 39.0 Å². The van der Waals surface area contributed by atoms with Crippen molar-refractivity contribution in [1.29, 1.82) is 0 Å². The van der Waals surface area contributed by atoms with Crippen LogP contribution >= 0.6 is 0 Å². The van der Waals surface area contributed by atoms with Gasteiger partial charge in [0, 0.05) is 19.7 Å². The van der Waals surface area contributed by atoms with Gasteiger partial charge in [0.05, 0.1) is 12.1 Å². The van der Waals surface area contributed by atoms with E-state index in [1.807, 2.05) is 7.11 Å². The van der Waals surface area contributed by atoms with Gasteiger partial charge in [0.25, 0.3) is 0 Å². The minimum atomic E-state index is 0.0360. The number of hydrogen-bond acceptors (Lipinski definition) is 4. The molecule has 0 amide bonds. The molecule has 4 heteroatoms. The van der Waals surface area contributed by atoms with E-state index < -0.39 is 0 Å². The van der Waals surface area contributed by atoms with Gasteiger partial charge in [-0.3, -0.25) is 4.99 Å². The average molecular weight is 225 g/mol. The third-order valence-corrected chi connectivity index (χ3v) is 3.68. The minimum absolute atomic E-state index is 0.0360. The second kappa shape index (κ2) is 5.04. The molecule has 0 aromatic carbocycles. The van der Waals surface area contributed by atoms with Gasteiger partial charge in [0.15, 0.2) is 5.96 Å². The fourth-order valence-corrected chi connectivity index (χ4v) is 2.55. The number of guanidine groups is 1. The molecule has 1 saturated carbocycles. The number of rotatable bonds is 3. The Morgan fingerprint density at radius 2 is 2.19 bits per heavy atom. The number of nitrogens with zero attached hydrogens (tertiary/aromatic N) is 1. The van der Waals surface area contributed by atoms with Gasteiger partial charge in [-0.05, 0) is 19.8 Å². The first-order chi connectivity index (χ1) is 7.74. The Morgan fingerprint density at radius 3 is 2.75 bits per heavy atom. The molecule has 0 saturated heterocycles. The summed E-state index contributed by atoms with van der Waals surface area (Å²) in [6.07, 6.45) is 6.25. The van der Waals surface area contributed by atoms with Crippen molar-refractivity contribution in [2.75, 3.05) is 20.2 Å². The van der Waals surface area contributed by atoms with Crippen molar-refractivity contribution in [3.8, 4) is 0 Å². The van der Waals surface area contributed by atoms with Gasteiger partial charge >= 0.3 is 0 Å². The van der Waals surface area contributed by atoms with Crippen molar-refractivity contribution in [3.63, 3.8) is 0 Å². The third kappa shape index (κ3) is 2.67. The highest BCUT2D eigenvalue weighted by Gasteiger charge is 2.32. The van der Waals surface area contributed by atoms with Crippen LogP contribution in [0.25, 0.3) is 0 Å². The maximum atomic E-state index is 5.72. The summed E-state index contributed by atoms with van der Waals surface area (Å²) < 4.78 is 5.72. The van der Waals surface area contributed by atoms with Crippen molar-refractivity contribution in [3.05, 3.63) is 0 Å². The molecule has 0 radical (unpaired) electrons. The van der Waals surface area contributed by atoms with E-state index in [-0.39, 0.29) is 5.60 Å². The summed E-state index contributed by atoms with van der Waals surface area (Å²) in [5.74, 6) is 0.939. The summed E-state index contributed by atoms with van der Waals surface area (Å²) in [6, 6.07) is 0.465. The van der Waals surface area contributed by atoms with Gasteiger partial charge in [0.1, 0.15) is 0 Å². The van der Waals surface area contributed by atoms with Crippen LogP contribution in [0.5, 0.6) is 0 Å². The van der Waals surface area contributed by atoms with Gasteiger partial charge in [0.2, 0.25) is 0 Å². The molecular formula is C12H23N3O. The zero-order valence-electron chi connectivity index (χ0n) is 10.4. The number of aliphatic imine (C=N–C) groups is 1. The molecule has 1 aliphatic carbocycles. The van der Waals surface area contributed by atoms with E-state index in [1.54, 1.807) is 0 Å². The van der Waals surface area contributed by atoms with Crippen LogP contribution in [-0.4, -0.2) is 37.8 Å². The lowest BCUT2D eigenvalue weighted by Crippen LogP contribution is -2.48. The van der Waals surface area contributed by atoms with Crippen LogP contribution in [0.4, 0.5) is 0 Å². The average Bonchev–Trinajstić information content (AvgIpc) is 2.74. The molecule has 1 heterocycles. The second-order valence-corrected chi connectivity index (χ2v) is 5.04. The smallest absolute Gasteiger partial charge is 0.191 e. The van der Waals surface area contributed by atoms with E-state index in [0.717, 1.165) is 19.0 Å². The summed E-state index contributed by atoms with van der Waals surface area (Å²) >= 11 is 0. The van der Waals surface area contributed by atoms with E-state index in [9.17, 15) is 0 Å². The van der Waals surface area contributed by atoms with E-state index in [2.05, 4.69) is 22.5 Å². The molecule has 2 aliphatic rings. The molecule has 1 aliphatic heterocycles. The predicted octanol–water partition coefficient (Wildman–Crippen LogP) is 1.27. The highest BCUT2D eigenvalue weighted by Crippen LogP contribution is 2.30. The molecule has 0 bridgehead atoms. The highest BCUT2D eigenvalue weighted by atomic mass is 16.5. The largest absolute Gasteiger partial charge is 0.376 e. The molecule has 0 aromatic rings. The maximum absolute atomic E-state index is 5.72. The standard InChI is InChI=1S/C12H23N3O/c1-10-8-13-11(15-10)14-9-12(16-2)6-4-3-5-7-12/h10H,3-9H2,1-2H3,(H2,13,14,15). The van der Waals surface area contributed by atoms with Crippen LogP contribution in [0.2, 0.25) is 0 Å². The van der Waals surface area contributed by atoms with Crippen LogP contribution < -0.4 is 10.6 Å². The molecule has 92 valence electrons. The Bertz CT molecular complexity index is 259. The Morgan fingerprint density at radius 1 is 1.44 bits per heavy atom. The molecule has 1 unspecified atom stereocenters. The van der Waals surface area contributed by atoms with Crippen molar-refractivity contribution >= 4 is 5.96 Å². The molecule has 2 rings (SSSR count). The summed E-state index contributed by atoms with van der Waals surface area (Å²) in [4.78, 5) is 4.41. The lowest BCUT2D eigenvalue weighted by atomic mass is 9.84. The molecule has 0 spiro atoms. The number of ether oxygens (including phenoxy) is 1. The summed E-state index contributed by atoms with van der Waals surface area (Å²) in [7, 11) is 1.83. The molecule has 0 aromatic heterocycles. The first-order valence-electron chi connectivity index (χ1n) is 6.34. The monoisotopic (exact) mass is 225 g/mol. The normalized spacial score (nSPS) is 28.4. The van der Waals surface area contributed by atoms with Crippen molar-refractivity contribution in [2.45, 2.75) is 50.7 Å². The topological polar surface area (TPSA) is 45.6 Å². The SMILES string of the molecule is COC1(CNC2=NCC(C)N2)CCCCC1. The van der Waals surface area contributed by atoms with Gasteiger partial charge in [-0.2, -0.15) is 0 Å². The van der Waals surface area contributed by atoms with Crippen LogP contribution in [-0.2, 0) is 4.74 Å². The van der Waals surface area contributed by atoms with Crippen LogP contribution in [0, 0.1) is 0 Å². The fourth-order valence-electron chi connectivity index (χ4n) is 2.55. The molecule has 1 atom stereocenters. The summed E-state index contributed by atoms with van der Waals surface area (Å²) in [5, 5.41) is 6.71. The Hall–Kier alpha value is -0.770. The zero-order chi connectivity index (χ0) is 11.4. The maximum Gasteiger partial charge on any atom is 0.191 e. The second-order valence-electron chi connectivity index (χ2n) is 5.04. The molecule has 2 N–H and O–H groups in total. The Balaban J connectivity index is 1.82. The van der Waals surface area contributed by atoms with E-state index >= 15 is 0 Å². The molecule has 16 heavy (non-hydrogen) atoms. The first kappa shape index (κ1) is 11.7. The third-order valence-electron chi connectivity index (χ3n) is 3.68. The lowest BCUT2D eigenvalue weighted by Gasteiger charge is -2.36. The van der Waals surface area contributed by atoms with Gasteiger partial charge in [-0.15, -0.1) is 0 Å². The van der Waals surface area contributed by atoms with Crippen LogP contribution in [0.3, 0.4) is 0 Å². The zero-order valence-corrected chi connectivity index (χ0v) is 10.4. The first-order valence-corrected chi connectivity index (χ1v) is 6.34. The Labute approximate surface area is 97.9 Å². The summed E-state index contributed by atoms with van der Waals surface area (Å²) in [6.45, 7) is 3.90. The van der Waals surface area contributed by atoms with Crippen LogP contribution in [0.15, 0.2) is 4.99 Å². The quantitative estimate of drug-likeness (QED) is 0.760. The fraction of sp³-hybridized carbons (Fsp3) is 0.917. The molecule has 4 nitrogen and oxygen atoms in total. The van der Waals surface area contributed by atoms with Gasteiger partial charge < -0.3 is 15.4 Å². The Kier molecular flexibility index (Phi) is 3.69. The lowest BCUT2D eigenvalue weighted by molar-refractivity contribution is -0.0346. The number of methoxy groups -OCH3 is 1. The number of nitrogens with one attached hydrogen (secondary N) is 2. The minimum Gasteiger partial charge on any atom is -0.376 e. The summed E-state index contributed by atoms with van der Waals surface area (Å²) in [5.41, 5.74) is 0.0360. The van der Waals surface area contributed by atoms with E-state index in [4.69, 9.17) is 4.74 Å². The predicted molar refractivity (Wildman–Crippen MR) is 65.7 cm³/mol. The number of hydrogen-bond donors (Lipinski definition) is 2. The van der Waals surface area contributed by atoms with Gasteiger partial charge in [-0.25, -0.2) is 0 Å². The van der Waals surface area contributed by atoms with Crippen molar-refractivity contribution in [1.82, 2.24) is 10.6 Å². The van der Waals surface area contributed by atoms with Gasteiger partial charge in [-0.1, -0.05) is 19.3 Å². The molecule has 1 fully saturated rings.